The largest absolute Gasteiger partial charge is 0.391 e. The molecule has 3 heteroatoms. The maximum absolute atomic E-state index is 9.91. The van der Waals surface area contributed by atoms with Crippen LogP contribution in [0.3, 0.4) is 0 Å². The molecule has 1 saturated carbocycles. The lowest BCUT2D eigenvalue weighted by atomic mass is 9.89. The van der Waals surface area contributed by atoms with Gasteiger partial charge in [-0.2, -0.15) is 0 Å². The average molecular weight is 226 g/mol. The summed E-state index contributed by atoms with van der Waals surface area (Å²) in [5.41, 5.74) is 0. The van der Waals surface area contributed by atoms with Gasteiger partial charge in [-0.05, 0) is 65.1 Å². The maximum atomic E-state index is 9.91. The summed E-state index contributed by atoms with van der Waals surface area (Å²) < 4.78 is 0. The highest BCUT2D eigenvalue weighted by Crippen LogP contribution is 2.29. The Balaban J connectivity index is 1.80. The Morgan fingerprint density at radius 1 is 1.19 bits per heavy atom. The second-order valence-electron chi connectivity index (χ2n) is 5.52. The first-order valence-electron chi connectivity index (χ1n) is 6.81. The fraction of sp³-hybridized carbons (Fsp3) is 1.00. The summed E-state index contributed by atoms with van der Waals surface area (Å²) in [6.45, 7) is 4.64. The molecule has 0 spiro atoms. The Morgan fingerprint density at radius 2 is 1.88 bits per heavy atom. The van der Waals surface area contributed by atoms with E-state index >= 15 is 0 Å². The zero-order valence-electron chi connectivity index (χ0n) is 10.7. The van der Waals surface area contributed by atoms with Gasteiger partial charge in [-0.3, -0.25) is 4.90 Å². The van der Waals surface area contributed by atoms with Crippen molar-refractivity contribution in [2.45, 2.75) is 57.2 Å². The van der Waals surface area contributed by atoms with Crippen LogP contribution in [-0.4, -0.2) is 48.3 Å². The van der Waals surface area contributed by atoms with E-state index in [-0.39, 0.29) is 6.10 Å². The van der Waals surface area contributed by atoms with Crippen LogP contribution in [0.4, 0.5) is 0 Å². The van der Waals surface area contributed by atoms with Gasteiger partial charge in [0.05, 0.1) is 6.10 Å². The molecule has 2 rings (SSSR count). The summed E-state index contributed by atoms with van der Waals surface area (Å²) in [6, 6.07) is 1.10. The fourth-order valence-electron chi connectivity index (χ4n) is 3.33. The molecule has 1 aliphatic heterocycles. The Hall–Kier alpha value is -0.120. The quantitative estimate of drug-likeness (QED) is 0.759. The highest BCUT2D eigenvalue weighted by Gasteiger charge is 2.33. The van der Waals surface area contributed by atoms with Gasteiger partial charge in [0.15, 0.2) is 0 Å². The van der Waals surface area contributed by atoms with E-state index in [1.54, 1.807) is 0 Å². The van der Waals surface area contributed by atoms with Crippen molar-refractivity contribution in [1.29, 1.82) is 0 Å². The van der Waals surface area contributed by atoms with Gasteiger partial charge < -0.3 is 10.4 Å². The number of piperidine rings is 1. The Labute approximate surface area is 99.2 Å². The number of rotatable bonds is 3. The van der Waals surface area contributed by atoms with Gasteiger partial charge in [-0.1, -0.05) is 0 Å². The van der Waals surface area contributed by atoms with Crippen LogP contribution < -0.4 is 5.32 Å². The first kappa shape index (κ1) is 12.3. The summed E-state index contributed by atoms with van der Waals surface area (Å²) in [4.78, 5) is 2.52. The predicted molar refractivity (Wildman–Crippen MR) is 66.5 cm³/mol. The van der Waals surface area contributed by atoms with E-state index in [0.717, 1.165) is 12.3 Å². The van der Waals surface area contributed by atoms with Crippen LogP contribution >= 0.6 is 0 Å². The zero-order valence-corrected chi connectivity index (χ0v) is 10.7. The van der Waals surface area contributed by atoms with E-state index in [1.807, 2.05) is 0 Å². The first-order valence-corrected chi connectivity index (χ1v) is 6.81. The topological polar surface area (TPSA) is 35.5 Å². The smallest absolute Gasteiger partial charge is 0.0695 e. The third kappa shape index (κ3) is 2.58. The molecule has 3 unspecified atom stereocenters. The predicted octanol–water partition coefficient (Wildman–Crippen LogP) is 1.22. The molecule has 0 aromatic rings. The minimum absolute atomic E-state index is 0.0572. The number of hydrogen-bond acceptors (Lipinski definition) is 3. The number of aliphatic hydroxyl groups excluding tert-OH is 1. The number of hydrogen-bond donors (Lipinski definition) is 2. The highest BCUT2D eigenvalue weighted by atomic mass is 16.3. The van der Waals surface area contributed by atoms with Gasteiger partial charge in [0.1, 0.15) is 0 Å². The summed E-state index contributed by atoms with van der Waals surface area (Å²) in [7, 11) is 2.05. The molecule has 1 saturated heterocycles. The van der Waals surface area contributed by atoms with Gasteiger partial charge in [-0.15, -0.1) is 0 Å². The minimum Gasteiger partial charge on any atom is -0.391 e. The molecule has 2 N–H and O–H groups in total. The van der Waals surface area contributed by atoms with Crippen LogP contribution in [0.5, 0.6) is 0 Å². The van der Waals surface area contributed by atoms with E-state index in [2.05, 4.69) is 24.2 Å². The molecule has 0 aromatic heterocycles. The van der Waals surface area contributed by atoms with Gasteiger partial charge in [0.25, 0.3) is 0 Å². The lowest BCUT2D eigenvalue weighted by Gasteiger charge is -2.39. The molecule has 0 radical (unpaired) electrons. The molecule has 0 aromatic carbocycles. The summed E-state index contributed by atoms with van der Waals surface area (Å²) in [6.07, 6.45) is 5.93. The van der Waals surface area contributed by atoms with Crippen LogP contribution in [0.1, 0.15) is 39.0 Å². The standard InChI is InChI=1S/C13H26N2O/c1-10(14-2)11-6-8-15(9-7-11)12-4-3-5-13(12)16/h10-14,16H,3-9H2,1-2H3. The molecular formula is C13H26N2O. The molecule has 16 heavy (non-hydrogen) atoms. The fourth-order valence-corrected chi connectivity index (χ4v) is 3.33. The van der Waals surface area contributed by atoms with Crippen molar-refractivity contribution in [2.24, 2.45) is 5.92 Å². The third-order valence-electron chi connectivity index (χ3n) is 4.65. The average Bonchev–Trinajstić information content (AvgIpc) is 2.75. The molecule has 94 valence electrons. The highest BCUT2D eigenvalue weighted by molar-refractivity contribution is 4.88. The van der Waals surface area contributed by atoms with E-state index in [4.69, 9.17) is 0 Å². The van der Waals surface area contributed by atoms with Gasteiger partial charge in [0.2, 0.25) is 0 Å². The van der Waals surface area contributed by atoms with E-state index in [0.29, 0.717) is 12.1 Å². The number of nitrogens with one attached hydrogen (secondary N) is 1. The molecule has 0 amide bonds. The van der Waals surface area contributed by atoms with Crippen LogP contribution in [0.25, 0.3) is 0 Å². The summed E-state index contributed by atoms with van der Waals surface area (Å²) >= 11 is 0. The van der Waals surface area contributed by atoms with Crippen LogP contribution in [-0.2, 0) is 0 Å². The molecule has 1 aliphatic carbocycles. The first-order chi connectivity index (χ1) is 7.72. The molecular weight excluding hydrogens is 200 g/mol. The van der Waals surface area contributed by atoms with E-state index in [9.17, 15) is 5.11 Å². The van der Waals surface area contributed by atoms with Crippen molar-refractivity contribution < 1.29 is 5.11 Å². The number of likely N-dealkylation sites (tertiary alicyclic amines) is 1. The van der Waals surface area contributed by atoms with Gasteiger partial charge in [-0.25, -0.2) is 0 Å². The number of nitrogens with zero attached hydrogens (tertiary/aromatic N) is 1. The molecule has 1 heterocycles. The van der Waals surface area contributed by atoms with Crippen molar-refractivity contribution in [3.05, 3.63) is 0 Å². The van der Waals surface area contributed by atoms with Gasteiger partial charge in [0, 0.05) is 12.1 Å². The van der Waals surface area contributed by atoms with Crippen molar-refractivity contribution >= 4 is 0 Å². The van der Waals surface area contributed by atoms with Crippen molar-refractivity contribution in [1.82, 2.24) is 10.2 Å². The van der Waals surface area contributed by atoms with Crippen LogP contribution in [0.2, 0.25) is 0 Å². The molecule has 2 fully saturated rings. The van der Waals surface area contributed by atoms with Crippen molar-refractivity contribution in [2.75, 3.05) is 20.1 Å². The van der Waals surface area contributed by atoms with Gasteiger partial charge >= 0.3 is 0 Å². The van der Waals surface area contributed by atoms with Crippen LogP contribution in [0.15, 0.2) is 0 Å². The van der Waals surface area contributed by atoms with Crippen LogP contribution in [0, 0.1) is 5.92 Å². The van der Waals surface area contributed by atoms with Crippen molar-refractivity contribution in [3.63, 3.8) is 0 Å². The molecule has 3 atom stereocenters. The lowest BCUT2D eigenvalue weighted by Crippen LogP contribution is -2.47. The second kappa shape index (κ2) is 5.48. The second-order valence-corrected chi connectivity index (χ2v) is 5.52. The zero-order chi connectivity index (χ0) is 11.5. The number of aliphatic hydroxyl groups is 1. The Bertz CT molecular complexity index is 214. The van der Waals surface area contributed by atoms with E-state index in [1.165, 1.54) is 38.8 Å². The Kier molecular flexibility index (Phi) is 4.22. The third-order valence-corrected chi connectivity index (χ3v) is 4.65. The molecule has 2 aliphatic rings. The Morgan fingerprint density at radius 3 is 2.38 bits per heavy atom. The molecule has 0 bridgehead atoms. The molecule has 3 nitrogen and oxygen atoms in total. The summed E-state index contributed by atoms with van der Waals surface area (Å²) in [5, 5.41) is 13.3. The normalized spacial score (nSPS) is 35.4. The minimum atomic E-state index is -0.0572. The SMILES string of the molecule is CNC(C)C1CCN(C2CCCC2O)CC1. The monoisotopic (exact) mass is 226 g/mol. The summed E-state index contributed by atoms with van der Waals surface area (Å²) in [5.74, 6) is 0.819. The maximum Gasteiger partial charge on any atom is 0.0695 e. The van der Waals surface area contributed by atoms with Crippen molar-refractivity contribution in [3.8, 4) is 0 Å². The van der Waals surface area contributed by atoms with E-state index < -0.39 is 0 Å². The lowest BCUT2D eigenvalue weighted by molar-refractivity contribution is 0.0444.